The highest BCUT2D eigenvalue weighted by Crippen LogP contribution is 2.43. The van der Waals surface area contributed by atoms with E-state index in [1.807, 2.05) is 6.92 Å². The Bertz CT molecular complexity index is 308. The maximum atomic E-state index is 10.1. The summed E-state index contributed by atoms with van der Waals surface area (Å²) in [6, 6.07) is 0. The normalized spacial score (nSPS) is 39.8. The van der Waals surface area contributed by atoms with Gasteiger partial charge >= 0.3 is 0 Å². The molecule has 2 saturated heterocycles. The highest BCUT2D eigenvalue weighted by atomic mass is 16.5. The van der Waals surface area contributed by atoms with Crippen molar-refractivity contribution >= 4 is 0 Å². The molecule has 1 aliphatic carbocycles. The molecule has 0 radical (unpaired) electrons. The smallest absolute Gasteiger partial charge is 0.0710 e. The quantitative estimate of drug-likeness (QED) is 0.835. The number of rotatable bonds is 2. The molecule has 2 unspecified atom stereocenters. The van der Waals surface area contributed by atoms with Crippen LogP contribution in [0.1, 0.15) is 64.7 Å². The predicted molar refractivity (Wildman–Crippen MR) is 76.2 cm³/mol. The summed E-state index contributed by atoms with van der Waals surface area (Å²) in [4.78, 5) is 2.51. The fraction of sp³-hybridized carbons (Fsp3) is 1.00. The van der Waals surface area contributed by atoms with Crippen molar-refractivity contribution < 1.29 is 9.84 Å². The molecule has 3 heteroatoms. The van der Waals surface area contributed by atoms with Crippen molar-refractivity contribution in [3.05, 3.63) is 0 Å². The van der Waals surface area contributed by atoms with E-state index in [1.165, 1.54) is 38.5 Å². The molecule has 2 atom stereocenters. The molecule has 1 spiro atoms. The molecule has 0 aromatic carbocycles. The molecule has 2 aliphatic heterocycles. The summed E-state index contributed by atoms with van der Waals surface area (Å²) in [6.07, 6.45) is 11.2. The van der Waals surface area contributed by atoms with Crippen molar-refractivity contribution in [1.82, 2.24) is 4.90 Å². The van der Waals surface area contributed by atoms with Gasteiger partial charge in [0.25, 0.3) is 0 Å². The molecular weight excluding hydrogens is 238 g/mol. The number of nitrogens with zero attached hydrogens (tertiary/aromatic N) is 1. The van der Waals surface area contributed by atoms with Crippen LogP contribution in [0.15, 0.2) is 0 Å². The van der Waals surface area contributed by atoms with Crippen LogP contribution >= 0.6 is 0 Å². The van der Waals surface area contributed by atoms with Crippen LogP contribution < -0.4 is 0 Å². The Hall–Kier alpha value is -0.120. The molecule has 2 heterocycles. The van der Waals surface area contributed by atoms with E-state index in [9.17, 15) is 5.11 Å². The molecule has 3 fully saturated rings. The first-order valence-electron chi connectivity index (χ1n) is 8.20. The van der Waals surface area contributed by atoms with Crippen molar-refractivity contribution in [2.24, 2.45) is 0 Å². The minimum Gasteiger partial charge on any atom is -0.390 e. The fourth-order valence-corrected chi connectivity index (χ4v) is 4.20. The molecule has 0 amide bonds. The van der Waals surface area contributed by atoms with E-state index in [4.69, 9.17) is 4.74 Å². The summed E-state index contributed by atoms with van der Waals surface area (Å²) in [5, 5.41) is 10.1. The van der Waals surface area contributed by atoms with Crippen molar-refractivity contribution in [1.29, 1.82) is 0 Å². The van der Waals surface area contributed by atoms with Crippen molar-refractivity contribution in [2.75, 3.05) is 19.6 Å². The molecule has 1 saturated carbocycles. The highest BCUT2D eigenvalue weighted by Gasteiger charge is 2.42. The number of ether oxygens (including phenoxy) is 1. The molecule has 19 heavy (non-hydrogen) atoms. The summed E-state index contributed by atoms with van der Waals surface area (Å²) < 4.78 is 6.40. The van der Waals surface area contributed by atoms with Gasteiger partial charge in [-0.1, -0.05) is 12.8 Å². The maximum absolute atomic E-state index is 10.1. The Balaban J connectivity index is 1.49. The van der Waals surface area contributed by atoms with Crippen LogP contribution in [0.5, 0.6) is 0 Å². The highest BCUT2D eigenvalue weighted by molar-refractivity contribution is 4.93. The standard InChI is InChI=1S/C16H29NO2/c1-15(18)6-4-11-17(12-10-15)13-14-5-9-16(19-14)7-2-3-8-16/h14,18H,2-13H2,1H3. The average molecular weight is 267 g/mol. The predicted octanol–water partition coefficient (Wildman–Crippen LogP) is 2.72. The monoisotopic (exact) mass is 267 g/mol. The van der Waals surface area contributed by atoms with Gasteiger partial charge in [0.05, 0.1) is 17.3 Å². The minimum atomic E-state index is -0.446. The summed E-state index contributed by atoms with van der Waals surface area (Å²) in [5.41, 5.74) is -0.181. The van der Waals surface area contributed by atoms with Gasteiger partial charge < -0.3 is 14.7 Å². The van der Waals surface area contributed by atoms with Gasteiger partial charge in [0, 0.05) is 13.1 Å². The second kappa shape index (κ2) is 5.34. The van der Waals surface area contributed by atoms with Gasteiger partial charge in [-0.2, -0.15) is 0 Å². The Morgan fingerprint density at radius 3 is 2.63 bits per heavy atom. The van der Waals surface area contributed by atoms with Crippen molar-refractivity contribution in [2.45, 2.75) is 82.0 Å². The third kappa shape index (κ3) is 3.32. The Morgan fingerprint density at radius 1 is 1.05 bits per heavy atom. The van der Waals surface area contributed by atoms with Gasteiger partial charge in [0.15, 0.2) is 0 Å². The van der Waals surface area contributed by atoms with E-state index >= 15 is 0 Å². The Morgan fingerprint density at radius 2 is 1.84 bits per heavy atom. The van der Waals surface area contributed by atoms with Gasteiger partial charge in [-0.15, -0.1) is 0 Å². The number of aliphatic hydroxyl groups is 1. The molecule has 1 N–H and O–H groups in total. The topological polar surface area (TPSA) is 32.7 Å². The van der Waals surface area contributed by atoms with Gasteiger partial charge in [-0.25, -0.2) is 0 Å². The first kappa shape index (κ1) is 13.8. The minimum absolute atomic E-state index is 0.266. The average Bonchev–Trinajstić information content (AvgIpc) is 2.93. The van der Waals surface area contributed by atoms with Gasteiger partial charge in [-0.05, 0) is 58.4 Å². The maximum Gasteiger partial charge on any atom is 0.0710 e. The van der Waals surface area contributed by atoms with E-state index in [0.717, 1.165) is 38.9 Å². The summed E-state index contributed by atoms with van der Waals surface area (Å²) in [6.45, 7) is 5.22. The molecule has 110 valence electrons. The first-order chi connectivity index (χ1) is 9.07. The molecular formula is C16H29NO2. The number of likely N-dealkylation sites (tertiary alicyclic amines) is 1. The number of hydrogen-bond acceptors (Lipinski definition) is 3. The zero-order valence-corrected chi connectivity index (χ0v) is 12.4. The Labute approximate surface area is 117 Å². The summed E-state index contributed by atoms with van der Waals surface area (Å²) in [7, 11) is 0. The molecule has 3 nitrogen and oxygen atoms in total. The largest absolute Gasteiger partial charge is 0.390 e. The second-order valence-corrected chi connectivity index (χ2v) is 7.32. The first-order valence-corrected chi connectivity index (χ1v) is 8.20. The van der Waals surface area contributed by atoms with Gasteiger partial charge in [0.2, 0.25) is 0 Å². The van der Waals surface area contributed by atoms with Crippen LogP contribution in [0.2, 0.25) is 0 Å². The summed E-state index contributed by atoms with van der Waals surface area (Å²) in [5.74, 6) is 0. The Kier molecular flexibility index (Phi) is 3.89. The van der Waals surface area contributed by atoms with Crippen LogP contribution in [0.3, 0.4) is 0 Å². The summed E-state index contributed by atoms with van der Waals surface area (Å²) >= 11 is 0. The number of hydrogen-bond donors (Lipinski definition) is 1. The zero-order chi connectivity index (χ0) is 13.3. The van der Waals surface area contributed by atoms with E-state index in [-0.39, 0.29) is 5.60 Å². The van der Waals surface area contributed by atoms with E-state index < -0.39 is 5.60 Å². The zero-order valence-electron chi connectivity index (χ0n) is 12.4. The van der Waals surface area contributed by atoms with Gasteiger partial charge in [0.1, 0.15) is 0 Å². The van der Waals surface area contributed by atoms with Crippen LogP contribution in [-0.4, -0.2) is 46.9 Å². The molecule has 3 rings (SSSR count). The van der Waals surface area contributed by atoms with Crippen LogP contribution in [-0.2, 0) is 4.74 Å². The lowest BCUT2D eigenvalue weighted by Gasteiger charge is -2.27. The van der Waals surface area contributed by atoms with Crippen LogP contribution in [0, 0.1) is 0 Å². The van der Waals surface area contributed by atoms with E-state index in [1.54, 1.807) is 0 Å². The van der Waals surface area contributed by atoms with Crippen molar-refractivity contribution in [3.63, 3.8) is 0 Å². The lowest BCUT2D eigenvalue weighted by Crippen LogP contribution is -2.36. The lowest BCUT2D eigenvalue weighted by atomic mass is 9.98. The second-order valence-electron chi connectivity index (χ2n) is 7.32. The third-order valence-corrected chi connectivity index (χ3v) is 5.47. The molecule has 0 bridgehead atoms. The fourth-order valence-electron chi connectivity index (χ4n) is 4.20. The van der Waals surface area contributed by atoms with Crippen LogP contribution in [0.4, 0.5) is 0 Å². The molecule has 0 aromatic rings. The van der Waals surface area contributed by atoms with E-state index in [0.29, 0.717) is 6.10 Å². The van der Waals surface area contributed by atoms with Crippen molar-refractivity contribution in [3.8, 4) is 0 Å². The SMILES string of the molecule is CC1(O)CCCN(CC2CCC3(CCCC3)O2)CC1. The third-order valence-electron chi connectivity index (χ3n) is 5.47. The lowest BCUT2D eigenvalue weighted by molar-refractivity contribution is -0.0476. The molecule has 0 aromatic heterocycles. The van der Waals surface area contributed by atoms with Gasteiger partial charge in [-0.3, -0.25) is 0 Å². The van der Waals surface area contributed by atoms with E-state index in [2.05, 4.69) is 4.90 Å². The molecule has 3 aliphatic rings. The van der Waals surface area contributed by atoms with Crippen LogP contribution in [0.25, 0.3) is 0 Å².